The number of benzene rings is 2. The van der Waals surface area contributed by atoms with E-state index in [0.29, 0.717) is 6.42 Å². The average molecular weight is 1420 g/mol. The maximum absolute atomic E-state index is 15.7. The Kier molecular flexibility index (Phi) is 35.0. The van der Waals surface area contributed by atoms with E-state index in [-0.39, 0.29) is 63.3 Å². The van der Waals surface area contributed by atoms with E-state index >= 15 is 14.4 Å². The molecule has 0 radical (unpaired) electrons. The van der Waals surface area contributed by atoms with Gasteiger partial charge in [0.1, 0.15) is 54.9 Å². The van der Waals surface area contributed by atoms with Crippen molar-refractivity contribution in [2.45, 2.75) is 220 Å². The van der Waals surface area contributed by atoms with Gasteiger partial charge in [0.15, 0.2) is 12.1 Å². The third-order valence-electron chi connectivity index (χ3n) is 16.4. The summed E-state index contributed by atoms with van der Waals surface area (Å²) in [7, 11) is 0. The highest BCUT2D eigenvalue weighted by Gasteiger charge is 2.43. The molecule has 564 valence electrons. The minimum Gasteiger partial charge on any atom is -0.445 e. The van der Waals surface area contributed by atoms with Crippen LogP contribution in [0.3, 0.4) is 0 Å². The Labute approximate surface area is 590 Å². The van der Waals surface area contributed by atoms with Gasteiger partial charge in [-0.25, -0.2) is 4.79 Å². The van der Waals surface area contributed by atoms with Crippen molar-refractivity contribution < 1.29 is 82.7 Å². The van der Waals surface area contributed by atoms with Crippen LogP contribution in [0.5, 0.6) is 0 Å². The molecule has 22 N–H and O–H groups in total. The summed E-state index contributed by atoms with van der Waals surface area (Å²) in [5.41, 5.74) is 10.7. The van der Waals surface area contributed by atoms with Crippen LogP contribution < -0.4 is 80.6 Å². The highest BCUT2D eigenvalue weighted by atomic mass is 16.5. The van der Waals surface area contributed by atoms with Crippen molar-refractivity contribution in [1.82, 2.24) is 69.1 Å². The number of nitrogens with two attached hydrogens (primary N) is 2. The van der Waals surface area contributed by atoms with Crippen molar-refractivity contribution in [3.63, 3.8) is 0 Å². The Balaban J connectivity index is 2.42. The van der Waals surface area contributed by atoms with Crippen molar-refractivity contribution in [3.8, 4) is 0 Å². The smallest absolute Gasteiger partial charge is 0.407 e. The molecule has 33 nitrogen and oxygen atoms in total. The topological polar surface area (TPSA) is 527 Å². The Morgan fingerprint density at radius 3 is 1.72 bits per heavy atom. The third kappa shape index (κ3) is 30.0. The van der Waals surface area contributed by atoms with E-state index in [0.717, 1.165) is 12.5 Å². The predicted molar refractivity (Wildman–Crippen MR) is 372 cm³/mol. The molecule has 0 spiro atoms. The van der Waals surface area contributed by atoms with Crippen molar-refractivity contribution in [2.24, 2.45) is 40.1 Å². The van der Waals surface area contributed by atoms with Gasteiger partial charge >= 0.3 is 6.09 Å². The van der Waals surface area contributed by atoms with Crippen LogP contribution in [0, 0.1) is 34.0 Å². The zero-order valence-electron chi connectivity index (χ0n) is 60.1. The molecule has 2 aromatic rings. The Morgan fingerprint density at radius 1 is 0.644 bits per heavy atom. The average Bonchev–Trinajstić information content (AvgIpc) is 0.812. The Hall–Kier alpha value is -9.05. The fourth-order valence-electron chi connectivity index (χ4n) is 10.8. The zero-order valence-corrected chi connectivity index (χ0v) is 60.1. The summed E-state index contributed by atoms with van der Waals surface area (Å²) >= 11 is 0. The number of aliphatic hydroxyl groups is 4. The fourth-order valence-corrected chi connectivity index (χ4v) is 10.8. The zero-order chi connectivity index (χ0) is 76.2. The SMILES string of the molecule is CC[C@H](C)[C@@H]1NC(=O)[C@@H](CCCNC(=N)N)NC(=O)[C@H](CC(C)C)NC(=O)[C@H]([C@H](O)C(C)C)NC(=O)[C@@H](NC(=O)[C@H](CC(C)(C)C)NC[C@H](CC(C)(C)C)NC(=O)OCc2ccccc2)[C@@H](c2ccccc2)NC(=O)[C@H](CO)NC(=O)[C@H]([C@H](O)C(N)=O)NC(=O)CNC(=O)[C@H]([C@H](C)O)NC1=O. The molecule has 12 amide bonds. The maximum atomic E-state index is 15.7. The van der Waals surface area contributed by atoms with Crippen LogP contribution in [0.15, 0.2) is 60.7 Å². The Morgan fingerprint density at radius 2 is 1.18 bits per heavy atom. The second-order valence-electron chi connectivity index (χ2n) is 28.7. The number of rotatable bonds is 25. The van der Waals surface area contributed by atoms with E-state index in [1.54, 1.807) is 58.0 Å². The van der Waals surface area contributed by atoms with E-state index in [9.17, 15) is 63.6 Å². The molecule has 0 saturated carbocycles. The molecule has 33 heteroatoms. The van der Waals surface area contributed by atoms with Gasteiger partial charge in [0, 0.05) is 19.1 Å². The van der Waals surface area contributed by atoms with Gasteiger partial charge < -0.3 is 106 Å². The van der Waals surface area contributed by atoms with Gasteiger partial charge in [0.05, 0.1) is 37.4 Å². The molecule has 1 aliphatic heterocycles. The quantitative estimate of drug-likeness (QED) is 0.0279. The lowest BCUT2D eigenvalue weighted by Gasteiger charge is -2.35. The lowest BCUT2D eigenvalue weighted by molar-refractivity contribution is -0.140. The van der Waals surface area contributed by atoms with E-state index in [1.807, 2.05) is 52.9 Å². The summed E-state index contributed by atoms with van der Waals surface area (Å²) < 4.78 is 5.57. The van der Waals surface area contributed by atoms with Gasteiger partial charge in [-0.3, -0.25) is 58.1 Å². The number of amides is 12. The van der Waals surface area contributed by atoms with Crippen molar-refractivity contribution in [3.05, 3.63) is 71.8 Å². The molecule has 1 fully saturated rings. The molecule has 1 heterocycles. The number of carbonyl (C=O) groups is 12. The summed E-state index contributed by atoms with van der Waals surface area (Å²) in [6.45, 7) is 19.7. The fraction of sp³-hybridized carbons (Fsp3) is 0.632. The molecular formula is C68H110N16O17. The highest BCUT2D eigenvalue weighted by molar-refractivity contribution is 6.00. The molecule has 3 rings (SSSR count). The van der Waals surface area contributed by atoms with E-state index in [4.69, 9.17) is 21.6 Å². The molecule has 2 aromatic carbocycles. The van der Waals surface area contributed by atoms with Gasteiger partial charge in [-0.2, -0.15) is 0 Å². The molecule has 0 aromatic heterocycles. The number of primary amides is 1. The molecule has 0 aliphatic carbocycles. The van der Waals surface area contributed by atoms with Crippen molar-refractivity contribution >= 4 is 77.0 Å². The minimum absolute atomic E-state index is 0.0169. The van der Waals surface area contributed by atoms with Crippen LogP contribution in [0.1, 0.15) is 146 Å². The van der Waals surface area contributed by atoms with E-state index in [1.165, 1.54) is 38.1 Å². The standard InChI is InChI=1S/C68H110N16O17/c1-14-37(6)47-61(96)81-48(38(7)86)60(95)74-32-46(87)79-52(54(89)55(69)90)64(99)78-45(33-85)59(94)82-49(40-24-19-16-20-25-40)50(83-58(93)44(30-68(11,12)13)73-31-41(29-67(8,9)10)75-66(100)101-34-39-22-17-15-18-23-39)62(97)84-51(53(88)36(4)5)63(98)77-43(28-35(2)3)57(92)76-42(56(91)80-47)26-21-27-72-65(70)71/h15-20,22-25,35-38,41-45,47-54,73,85-86,88-89H,14,21,26-34H2,1-13H3,(H2,69,90)(H,74,95)(H,75,100)(H,76,92)(H,77,98)(H,78,99)(H,79,87)(H,80,91)(H,81,96)(H,82,94)(H,83,93)(H,84,97)(H4,70,71,72)/t37-,38-,41-,42+,43-,44-,45-,47-,48-,49+,50-,51-,52-,53+,54-/m0/s1. The van der Waals surface area contributed by atoms with Crippen LogP contribution in [0.25, 0.3) is 0 Å². The predicted octanol–water partition coefficient (Wildman–Crippen LogP) is -2.43. The molecular weight excluding hydrogens is 1310 g/mol. The molecule has 15 atom stereocenters. The lowest BCUT2D eigenvalue weighted by atomic mass is 9.86. The monoisotopic (exact) mass is 1420 g/mol. The van der Waals surface area contributed by atoms with Crippen molar-refractivity contribution in [2.75, 3.05) is 26.2 Å². The van der Waals surface area contributed by atoms with Gasteiger partial charge in [-0.15, -0.1) is 0 Å². The number of guanidine groups is 1. The lowest BCUT2D eigenvalue weighted by Crippen LogP contribution is -2.65. The first-order chi connectivity index (χ1) is 47.2. The molecule has 1 saturated heterocycles. The molecule has 0 unspecified atom stereocenters. The number of hydrogen-bond donors (Lipinski definition) is 20. The van der Waals surface area contributed by atoms with E-state index < -0.39 is 198 Å². The summed E-state index contributed by atoms with van der Waals surface area (Å²) in [6.07, 6.45) is -6.43. The van der Waals surface area contributed by atoms with Crippen LogP contribution in [0.4, 0.5) is 4.79 Å². The number of carbonyl (C=O) groups excluding carboxylic acids is 12. The second kappa shape index (κ2) is 41.0. The van der Waals surface area contributed by atoms with E-state index in [2.05, 4.69) is 63.8 Å². The van der Waals surface area contributed by atoms with Gasteiger partial charge in [0.25, 0.3) is 0 Å². The first kappa shape index (κ1) is 86.2. The number of ether oxygens (including phenoxy) is 1. The summed E-state index contributed by atoms with van der Waals surface area (Å²) in [5.74, 6) is -15.5. The van der Waals surface area contributed by atoms with Gasteiger partial charge in [0.2, 0.25) is 65.0 Å². The van der Waals surface area contributed by atoms with Gasteiger partial charge in [-0.05, 0) is 78.7 Å². The van der Waals surface area contributed by atoms with Crippen LogP contribution in [-0.4, -0.2) is 202 Å². The Bertz CT molecular complexity index is 3110. The summed E-state index contributed by atoms with van der Waals surface area (Å²) in [5, 5.41) is 85.7. The summed E-state index contributed by atoms with van der Waals surface area (Å²) in [4.78, 5) is 172. The maximum Gasteiger partial charge on any atom is 0.407 e. The van der Waals surface area contributed by atoms with Gasteiger partial charge in [-0.1, -0.05) is 150 Å². The second-order valence-corrected chi connectivity index (χ2v) is 28.7. The first-order valence-electron chi connectivity index (χ1n) is 33.9. The number of alkyl carbamates (subject to hydrolysis) is 1. The van der Waals surface area contributed by atoms with Crippen LogP contribution in [-0.2, 0) is 64.1 Å². The van der Waals surface area contributed by atoms with Crippen molar-refractivity contribution in [1.29, 1.82) is 5.41 Å². The highest BCUT2D eigenvalue weighted by Crippen LogP contribution is 2.25. The minimum atomic E-state index is -2.56. The third-order valence-corrected chi connectivity index (χ3v) is 16.4. The number of hydrogen-bond acceptors (Lipinski definition) is 19. The first-order valence-corrected chi connectivity index (χ1v) is 33.9. The summed E-state index contributed by atoms with van der Waals surface area (Å²) in [6, 6.07) is -2.26. The van der Waals surface area contributed by atoms with Crippen LogP contribution in [0.2, 0.25) is 0 Å². The normalized spacial score (nSPS) is 23.5. The molecule has 0 bridgehead atoms. The largest absolute Gasteiger partial charge is 0.445 e. The number of aliphatic hydroxyl groups excluding tert-OH is 4. The molecule has 101 heavy (non-hydrogen) atoms. The number of nitrogens with one attached hydrogen (secondary N) is 14. The van der Waals surface area contributed by atoms with Crippen LogP contribution >= 0.6 is 0 Å². The molecule has 1 aliphatic rings.